The SMILES string of the molecule is C=CCNS(=O)(=O)c1ccc(C(=O)N(CCOC)Cc2ccccc2)cc1. The van der Waals surface area contributed by atoms with Gasteiger partial charge >= 0.3 is 0 Å². The maximum Gasteiger partial charge on any atom is 0.254 e. The first-order valence-corrected chi connectivity index (χ1v) is 9.99. The molecule has 0 aromatic heterocycles. The van der Waals surface area contributed by atoms with E-state index in [2.05, 4.69) is 11.3 Å². The predicted octanol–water partition coefficient (Wildman–Crippen LogP) is 2.44. The molecule has 0 unspecified atom stereocenters. The van der Waals surface area contributed by atoms with Crippen LogP contribution in [-0.4, -0.2) is 46.0 Å². The first-order valence-electron chi connectivity index (χ1n) is 8.50. The third kappa shape index (κ3) is 6.02. The van der Waals surface area contributed by atoms with Crippen LogP contribution in [0.1, 0.15) is 15.9 Å². The molecule has 0 heterocycles. The third-order valence-corrected chi connectivity index (χ3v) is 5.34. The summed E-state index contributed by atoms with van der Waals surface area (Å²) in [5.74, 6) is -0.182. The maximum atomic E-state index is 12.9. The first kappa shape index (κ1) is 20.8. The van der Waals surface area contributed by atoms with Crippen LogP contribution in [0.15, 0.2) is 72.1 Å². The molecule has 144 valence electrons. The van der Waals surface area contributed by atoms with Crippen LogP contribution in [0.4, 0.5) is 0 Å². The van der Waals surface area contributed by atoms with E-state index in [-0.39, 0.29) is 17.3 Å². The van der Waals surface area contributed by atoms with Gasteiger partial charge in [-0.25, -0.2) is 13.1 Å². The van der Waals surface area contributed by atoms with Crippen LogP contribution in [0.2, 0.25) is 0 Å². The summed E-state index contributed by atoms with van der Waals surface area (Å²) < 4.78 is 31.7. The van der Waals surface area contributed by atoms with Crippen LogP contribution >= 0.6 is 0 Å². The molecule has 6 nitrogen and oxygen atoms in total. The minimum Gasteiger partial charge on any atom is -0.383 e. The highest BCUT2D eigenvalue weighted by molar-refractivity contribution is 7.89. The topological polar surface area (TPSA) is 75.7 Å². The van der Waals surface area contributed by atoms with E-state index in [1.54, 1.807) is 12.0 Å². The monoisotopic (exact) mass is 388 g/mol. The summed E-state index contributed by atoms with van der Waals surface area (Å²) in [6, 6.07) is 15.6. The lowest BCUT2D eigenvalue weighted by atomic mass is 10.1. The summed E-state index contributed by atoms with van der Waals surface area (Å²) in [5.41, 5.74) is 1.43. The molecule has 2 aromatic carbocycles. The molecule has 0 bridgehead atoms. The van der Waals surface area contributed by atoms with Crippen molar-refractivity contribution in [2.75, 3.05) is 26.8 Å². The molecule has 2 rings (SSSR count). The number of nitrogens with one attached hydrogen (secondary N) is 1. The lowest BCUT2D eigenvalue weighted by molar-refractivity contribution is 0.0680. The number of carbonyl (C=O) groups excluding carboxylic acids is 1. The number of sulfonamides is 1. The minimum atomic E-state index is -3.61. The largest absolute Gasteiger partial charge is 0.383 e. The van der Waals surface area contributed by atoms with Gasteiger partial charge in [-0.05, 0) is 29.8 Å². The summed E-state index contributed by atoms with van der Waals surface area (Å²) in [5, 5.41) is 0. The number of rotatable bonds is 10. The van der Waals surface area contributed by atoms with Crippen molar-refractivity contribution in [2.24, 2.45) is 0 Å². The number of amides is 1. The van der Waals surface area contributed by atoms with Gasteiger partial charge in [0.2, 0.25) is 10.0 Å². The van der Waals surface area contributed by atoms with Gasteiger partial charge < -0.3 is 9.64 Å². The van der Waals surface area contributed by atoms with Gasteiger partial charge in [0.1, 0.15) is 0 Å². The molecule has 0 saturated heterocycles. The zero-order chi connectivity index (χ0) is 19.7. The van der Waals surface area contributed by atoms with Crippen LogP contribution in [0.25, 0.3) is 0 Å². The Labute approximate surface area is 160 Å². The van der Waals surface area contributed by atoms with E-state index in [9.17, 15) is 13.2 Å². The molecule has 0 saturated carbocycles. The molecule has 1 N–H and O–H groups in total. The minimum absolute atomic E-state index is 0.104. The Kier molecular flexibility index (Phi) is 7.72. The number of nitrogens with zero attached hydrogens (tertiary/aromatic N) is 1. The normalized spacial score (nSPS) is 11.1. The highest BCUT2D eigenvalue weighted by atomic mass is 32.2. The average Bonchev–Trinajstić information content (AvgIpc) is 2.70. The van der Waals surface area contributed by atoms with E-state index in [1.165, 1.54) is 30.3 Å². The summed E-state index contributed by atoms with van der Waals surface area (Å²) in [6.45, 7) is 4.93. The molecular weight excluding hydrogens is 364 g/mol. The van der Waals surface area contributed by atoms with Crippen LogP contribution in [0.3, 0.4) is 0 Å². The standard InChI is InChI=1S/C20H24N2O4S/c1-3-13-21-27(24,25)19-11-9-18(10-12-19)20(23)22(14-15-26-2)16-17-7-5-4-6-8-17/h3-12,21H,1,13-16H2,2H3. The van der Waals surface area contributed by atoms with E-state index in [0.29, 0.717) is 25.3 Å². The first-order chi connectivity index (χ1) is 13.0. The zero-order valence-corrected chi connectivity index (χ0v) is 16.1. The van der Waals surface area contributed by atoms with Crippen molar-refractivity contribution in [3.05, 3.63) is 78.4 Å². The average molecular weight is 388 g/mol. The van der Waals surface area contributed by atoms with E-state index in [1.807, 2.05) is 30.3 Å². The molecule has 0 fully saturated rings. The zero-order valence-electron chi connectivity index (χ0n) is 15.3. The van der Waals surface area contributed by atoms with Crippen molar-refractivity contribution in [1.82, 2.24) is 9.62 Å². The third-order valence-electron chi connectivity index (χ3n) is 3.90. The predicted molar refractivity (Wildman–Crippen MR) is 105 cm³/mol. The van der Waals surface area contributed by atoms with Crippen molar-refractivity contribution in [2.45, 2.75) is 11.4 Å². The number of carbonyl (C=O) groups is 1. The van der Waals surface area contributed by atoms with Crippen molar-refractivity contribution < 1.29 is 17.9 Å². The fourth-order valence-electron chi connectivity index (χ4n) is 2.47. The summed E-state index contributed by atoms with van der Waals surface area (Å²) in [6.07, 6.45) is 1.46. The second-order valence-corrected chi connectivity index (χ2v) is 7.64. The van der Waals surface area contributed by atoms with Crippen LogP contribution in [0.5, 0.6) is 0 Å². The molecule has 0 atom stereocenters. The number of benzene rings is 2. The van der Waals surface area contributed by atoms with Gasteiger partial charge in [0, 0.05) is 32.3 Å². The van der Waals surface area contributed by atoms with E-state index >= 15 is 0 Å². The smallest absolute Gasteiger partial charge is 0.254 e. The van der Waals surface area contributed by atoms with E-state index in [0.717, 1.165) is 5.56 Å². The fourth-order valence-corrected chi connectivity index (χ4v) is 3.47. The summed E-state index contributed by atoms with van der Waals surface area (Å²) in [4.78, 5) is 14.7. The van der Waals surface area contributed by atoms with Crippen molar-refractivity contribution >= 4 is 15.9 Å². The molecule has 1 amide bonds. The molecule has 0 aliphatic rings. The highest BCUT2D eigenvalue weighted by Gasteiger charge is 2.18. The second-order valence-electron chi connectivity index (χ2n) is 5.87. The number of methoxy groups -OCH3 is 1. The maximum absolute atomic E-state index is 12.9. The summed E-state index contributed by atoms with van der Waals surface area (Å²) >= 11 is 0. The Balaban J connectivity index is 2.17. The Morgan fingerprint density at radius 2 is 1.81 bits per heavy atom. The van der Waals surface area contributed by atoms with Gasteiger partial charge in [-0.15, -0.1) is 6.58 Å². The molecule has 27 heavy (non-hydrogen) atoms. The Morgan fingerprint density at radius 1 is 1.15 bits per heavy atom. The number of ether oxygens (including phenoxy) is 1. The van der Waals surface area contributed by atoms with Crippen LogP contribution < -0.4 is 4.72 Å². The number of hydrogen-bond acceptors (Lipinski definition) is 4. The molecule has 7 heteroatoms. The Hall–Kier alpha value is -2.48. The van der Waals surface area contributed by atoms with Crippen molar-refractivity contribution in [1.29, 1.82) is 0 Å². The van der Waals surface area contributed by atoms with E-state index in [4.69, 9.17) is 4.74 Å². The number of hydrogen-bond donors (Lipinski definition) is 1. The molecular formula is C20H24N2O4S. The van der Waals surface area contributed by atoms with Crippen LogP contribution in [-0.2, 0) is 21.3 Å². The van der Waals surface area contributed by atoms with Gasteiger partial charge in [-0.2, -0.15) is 0 Å². The molecule has 0 radical (unpaired) electrons. The van der Waals surface area contributed by atoms with Crippen molar-refractivity contribution in [3.63, 3.8) is 0 Å². The Morgan fingerprint density at radius 3 is 2.41 bits per heavy atom. The summed E-state index contributed by atoms with van der Waals surface area (Å²) in [7, 11) is -2.03. The lowest BCUT2D eigenvalue weighted by Crippen LogP contribution is -2.33. The second kappa shape index (κ2) is 10.0. The Bertz CT molecular complexity index is 849. The quantitative estimate of drug-likeness (QED) is 0.635. The van der Waals surface area contributed by atoms with Gasteiger partial charge in [0.05, 0.1) is 11.5 Å². The van der Waals surface area contributed by atoms with Gasteiger partial charge in [-0.3, -0.25) is 4.79 Å². The highest BCUT2D eigenvalue weighted by Crippen LogP contribution is 2.14. The van der Waals surface area contributed by atoms with Crippen molar-refractivity contribution in [3.8, 4) is 0 Å². The molecule has 0 spiro atoms. The van der Waals surface area contributed by atoms with Gasteiger partial charge in [0.25, 0.3) is 5.91 Å². The van der Waals surface area contributed by atoms with E-state index < -0.39 is 10.0 Å². The fraction of sp³-hybridized carbons (Fsp3) is 0.250. The van der Waals surface area contributed by atoms with Crippen LogP contribution in [0, 0.1) is 0 Å². The van der Waals surface area contributed by atoms with Gasteiger partial charge in [0.15, 0.2) is 0 Å². The molecule has 2 aromatic rings. The molecule has 0 aliphatic carbocycles. The lowest BCUT2D eigenvalue weighted by Gasteiger charge is -2.23. The molecule has 0 aliphatic heterocycles. The van der Waals surface area contributed by atoms with Gasteiger partial charge in [-0.1, -0.05) is 36.4 Å².